The minimum Gasteiger partial charge on any atom is -0.448 e. The molecule has 2 heterocycles. The molecule has 4 amide bonds. The van der Waals surface area contributed by atoms with Gasteiger partial charge < -0.3 is 15.0 Å². The smallest absolute Gasteiger partial charge is 0.409 e. The first-order chi connectivity index (χ1) is 11.6. The maximum Gasteiger partial charge on any atom is 0.409 e. The first-order valence-corrected chi connectivity index (χ1v) is 7.71. The summed E-state index contributed by atoms with van der Waals surface area (Å²) in [6, 6.07) is 6.60. The lowest BCUT2D eigenvalue weighted by atomic mass is 10.1. The van der Waals surface area contributed by atoms with E-state index >= 15 is 0 Å². The lowest BCUT2D eigenvalue weighted by Crippen LogP contribution is -2.38. The maximum atomic E-state index is 12.2. The molecule has 0 atom stereocenters. The second-order valence-electron chi connectivity index (χ2n) is 5.51. The molecule has 0 aliphatic carbocycles. The molecule has 1 saturated heterocycles. The van der Waals surface area contributed by atoms with E-state index in [1.54, 1.807) is 24.3 Å². The number of carbonyl (C=O) groups is 4. The molecule has 0 saturated carbocycles. The Labute approximate surface area is 138 Å². The Balaban J connectivity index is 1.44. The van der Waals surface area contributed by atoms with Crippen LogP contribution in [0.2, 0.25) is 0 Å². The summed E-state index contributed by atoms with van der Waals surface area (Å²) in [5.74, 6) is -1.02. The summed E-state index contributed by atoms with van der Waals surface area (Å²) in [5.41, 5.74) is 0.742. The Hall–Kier alpha value is -2.90. The van der Waals surface area contributed by atoms with Crippen molar-refractivity contribution in [2.75, 3.05) is 32.8 Å². The summed E-state index contributed by atoms with van der Waals surface area (Å²) >= 11 is 0. The Morgan fingerprint density at radius 1 is 1.08 bits per heavy atom. The predicted octanol–water partition coefficient (Wildman–Crippen LogP) is 0.241. The van der Waals surface area contributed by atoms with E-state index in [1.807, 2.05) is 0 Å². The van der Waals surface area contributed by atoms with Crippen molar-refractivity contribution in [2.45, 2.75) is 6.42 Å². The molecule has 0 spiro atoms. The van der Waals surface area contributed by atoms with Crippen LogP contribution in [0, 0.1) is 0 Å². The number of imide groups is 1. The van der Waals surface area contributed by atoms with Crippen LogP contribution in [0.15, 0.2) is 24.3 Å². The van der Waals surface area contributed by atoms with Crippen molar-refractivity contribution in [3.8, 4) is 0 Å². The molecule has 0 radical (unpaired) electrons. The monoisotopic (exact) mass is 331 g/mol. The van der Waals surface area contributed by atoms with E-state index in [1.165, 1.54) is 4.90 Å². The van der Waals surface area contributed by atoms with Crippen molar-refractivity contribution < 1.29 is 23.9 Å². The fourth-order valence-electron chi connectivity index (χ4n) is 2.70. The first kappa shape index (κ1) is 16.0. The highest BCUT2D eigenvalue weighted by Gasteiger charge is 2.34. The normalized spacial score (nSPS) is 16.4. The van der Waals surface area contributed by atoms with Crippen LogP contribution in [0.1, 0.15) is 27.1 Å². The van der Waals surface area contributed by atoms with Gasteiger partial charge in [0.05, 0.1) is 17.7 Å². The number of nitrogens with zero attached hydrogens (tertiary/aromatic N) is 2. The summed E-state index contributed by atoms with van der Waals surface area (Å²) in [6.07, 6.45) is -0.356. The van der Waals surface area contributed by atoms with Crippen molar-refractivity contribution >= 4 is 23.8 Å². The van der Waals surface area contributed by atoms with E-state index in [9.17, 15) is 19.2 Å². The van der Waals surface area contributed by atoms with Gasteiger partial charge in [0.25, 0.3) is 11.8 Å². The summed E-state index contributed by atoms with van der Waals surface area (Å²) in [7, 11) is 0. The first-order valence-electron chi connectivity index (χ1n) is 7.71. The fraction of sp³-hybridized carbons (Fsp3) is 0.375. The number of amides is 4. The van der Waals surface area contributed by atoms with Gasteiger partial charge in [-0.25, -0.2) is 4.79 Å². The van der Waals surface area contributed by atoms with Gasteiger partial charge in [-0.3, -0.25) is 19.3 Å². The molecule has 2 aliphatic rings. The van der Waals surface area contributed by atoms with Gasteiger partial charge in [-0.2, -0.15) is 0 Å². The number of ether oxygens (including phenoxy) is 1. The van der Waals surface area contributed by atoms with Crippen molar-refractivity contribution in [1.82, 2.24) is 15.1 Å². The number of benzene rings is 1. The number of fused-ring (bicyclic) bond motifs is 1. The number of nitrogens with one attached hydrogen (secondary N) is 1. The van der Waals surface area contributed by atoms with E-state index < -0.39 is 0 Å². The van der Waals surface area contributed by atoms with Crippen LogP contribution in [0.3, 0.4) is 0 Å². The standard InChI is InChI=1S/C16H17N3O5/c20-13(17-6-8-18-9-10-24-16(18)23)5-7-19-14(21)11-3-1-2-4-12(11)15(19)22/h1-4H,5-10H2,(H,17,20). The zero-order chi connectivity index (χ0) is 17.1. The average Bonchev–Trinajstić information content (AvgIpc) is 3.09. The van der Waals surface area contributed by atoms with Gasteiger partial charge in [0.15, 0.2) is 0 Å². The number of hydrogen-bond donors (Lipinski definition) is 1. The third-order valence-corrected chi connectivity index (χ3v) is 3.99. The number of hydrogen-bond acceptors (Lipinski definition) is 5. The molecule has 1 aromatic rings. The summed E-state index contributed by atoms with van der Waals surface area (Å²) in [5, 5.41) is 2.67. The minimum atomic E-state index is -0.379. The molecular formula is C16H17N3O5. The van der Waals surface area contributed by atoms with E-state index in [4.69, 9.17) is 4.74 Å². The fourth-order valence-corrected chi connectivity index (χ4v) is 2.70. The predicted molar refractivity (Wildman–Crippen MR) is 82.4 cm³/mol. The van der Waals surface area contributed by atoms with Crippen molar-refractivity contribution in [2.24, 2.45) is 0 Å². The number of carbonyl (C=O) groups excluding carboxylic acids is 4. The topological polar surface area (TPSA) is 96.0 Å². The SMILES string of the molecule is O=C(CCN1C(=O)c2ccccc2C1=O)NCCN1CCOC1=O. The second-order valence-corrected chi connectivity index (χ2v) is 5.51. The summed E-state index contributed by atoms with van der Waals surface area (Å²) in [4.78, 5) is 50.0. The van der Waals surface area contributed by atoms with Gasteiger partial charge in [-0.15, -0.1) is 0 Å². The molecule has 0 unspecified atom stereocenters. The Bertz CT molecular complexity index is 668. The Morgan fingerprint density at radius 2 is 1.75 bits per heavy atom. The maximum absolute atomic E-state index is 12.2. The largest absolute Gasteiger partial charge is 0.448 e. The van der Waals surface area contributed by atoms with Gasteiger partial charge in [0.1, 0.15) is 6.61 Å². The number of cyclic esters (lactones) is 1. The van der Waals surface area contributed by atoms with Gasteiger partial charge >= 0.3 is 6.09 Å². The molecule has 1 fully saturated rings. The van der Waals surface area contributed by atoms with Crippen LogP contribution in [-0.2, 0) is 9.53 Å². The van der Waals surface area contributed by atoms with Crippen LogP contribution >= 0.6 is 0 Å². The van der Waals surface area contributed by atoms with Crippen LogP contribution in [-0.4, -0.2) is 66.4 Å². The zero-order valence-corrected chi connectivity index (χ0v) is 13.0. The molecule has 0 bridgehead atoms. The molecule has 126 valence electrons. The molecular weight excluding hydrogens is 314 g/mol. The lowest BCUT2D eigenvalue weighted by Gasteiger charge is -2.15. The van der Waals surface area contributed by atoms with E-state index in [0.29, 0.717) is 37.4 Å². The minimum absolute atomic E-state index is 0.0237. The van der Waals surface area contributed by atoms with E-state index in [-0.39, 0.29) is 36.8 Å². The van der Waals surface area contributed by atoms with Crippen molar-refractivity contribution in [3.05, 3.63) is 35.4 Å². The molecule has 8 heteroatoms. The van der Waals surface area contributed by atoms with Crippen LogP contribution in [0.25, 0.3) is 0 Å². The third-order valence-electron chi connectivity index (χ3n) is 3.99. The highest BCUT2D eigenvalue weighted by molar-refractivity contribution is 6.21. The van der Waals surface area contributed by atoms with Crippen LogP contribution in [0.5, 0.6) is 0 Å². The second kappa shape index (κ2) is 6.69. The molecule has 24 heavy (non-hydrogen) atoms. The Kier molecular flexibility index (Phi) is 4.45. The average molecular weight is 331 g/mol. The number of rotatable bonds is 6. The third kappa shape index (κ3) is 3.08. The van der Waals surface area contributed by atoms with Gasteiger partial charge in [0.2, 0.25) is 5.91 Å². The molecule has 1 N–H and O–H groups in total. The van der Waals surface area contributed by atoms with Crippen LogP contribution in [0.4, 0.5) is 4.79 Å². The molecule has 2 aliphatic heterocycles. The van der Waals surface area contributed by atoms with Crippen molar-refractivity contribution in [3.63, 3.8) is 0 Å². The van der Waals surface area contributed by atoms with E-state index in [0.717, 1.165) is 4.90 Å². The molecule has 3 rings (SSSR count). The zero-order valence-electron chi connectivity index (χ0n) is 13.0. The van der Waals surface area contributed by atoms with E-state index in [2.05, 4.69) is 5.32 Å². The summed E-state index contributed by atoms with van der Waals surface area (Å²) < 4.78 is 4.78. The lowest BCUT2D eigenvalue weighted by molar-refractivity contribution is -0.121. The highest BCUT2D eigenvalue weighted by Crippen LogP contribution is 2.22. The molecule has 0 aromatic heterocycles. The van der Waals surface area contributed by atoms with Gasteiger partial charge in [-0.05, 0) is 12.1 Å². The molecule has 1 aromatic carbocycles. The Morgan fingerprint density at radius 3 is 2.33 bits per heavy atom. The van der Waals surface area contributed by atoms with Crippen molar-refractivity contribution in [1.29, 1.82) is 0 Å². The summed E-state index contributed by atoms with van der Waals surface area (Å²) in [6.45, 7) is 1.59. The van der Waals surface area contributed by atoms with Crippen LogP contribution < -0.4 is 5.32 Å². The molecule has 8 nitrogen and oxygen atoms in total. The van der Waals surface area contributed by atoms with Gasteiger partial charge in [0, 0.05) is 26.1 Å². The quantitative estimate of drug-likeness (QED) is 0.754. The van der Waals surface area contributed by atoms with Gasteiger partial charge in [-0.1, -0.05) is 12.1 Å². The highest BCUT2D eigenvalue weighted by atomic mass is 16.6.